The largest absolute Gasteiger partial charge is 0.366 e. The molecule has 7 heteroatoms. The Morgan fingerprint density at radius 3 is 3.04 bits per heavy atom. The van der Waals surface area contributed by atoms with Gasteiger partial charge in [-0.15, -0.1) is 11.8 Å². The summed E-state index contributed by atoms with van der Waals surface area (Å²) in [6, 6.07) is 8.37. The fourth-order valence-electron chi connectivity index (χ4n) is 2.63. The fourth-order valence-corrected chi connectivity index (χ4v) is 3.50. The highest BCUT2D eigenvalue weighted by Gasteiger charge is 2.28. The standard InChI is InChI=1S/C17H21N3O3S/c1-12-4-3-5-14(8-12)10-24-11-16(21)20-6-7-22-15(9-20)17-18-13(2)23-19-17/h3-5,8,15H,6-7,9-11H2,1-2H3/t15-/m1/s1. The molecule has 1 aromatic carbocycles. The molecule has 1 aliphatic rings. The van der Waals surface area contributed by atoms with Gasteiger partial charge in [-0.1, -0.05) is 35.0 Å². The third-order valence-electron chi connectivity index (χ3n) is 3.83. The summed E-state index contributed by atoms with van der Waals surface area (Å²) in [7, 11) is 0. The van der Waals surface area contributed by atoms with Gasteiger partial charge in [0.05, 0.1) is 18.9 Å². The summed E-state index contributed by atoms with van der Waals surface area (Å²) in [5.74, 6) is 2.45. The molecule has 1 saturated heterocycles. The van der Waals surface area contributed by atoms with Crippen LogP contribution in [0, 0.1) is 13.8 Å². The van der Waals surface area contributed by atoms with Gasteiger partial charge in [-0.3, -0.25) is 4.79 Å². The van der Waals surface area contributed by atoms with Gasteiger partial charge < -0.3 is 14.2 Å². The number of benzene rings is 1. The molecule has 0 saturated carbocycles. The zero-order valence-electron chi connectivity index (χ0n) is 13.9. The number of thioether (sulfide) groups is 1. The number of nitrogens with zero attached hydrogens (tertiary/aromatic N) is 3. The first-order chi connectivity index (χ1) is 11.6. The van der Waals surface area contributed by atoms with Gasteiger partial charge in [0.25, 0.3) is 0 Å². The second-order valence-corrected chi connectivity index (χ2v) is 6.84. The SMILES string of the molecule is Cc1cccc(CSCC(=O)N2CCO[C@@H](c3noc(C)n3)C2)c1. The fraction of sp³-hybridized carbons (Fsp3) is 0.471. The van der Waals surface area contributed by atoms with Crippen LogP contribution in [-0.2, 0) is 15.3 Å². The summed E-state index contributed by atoms with van der Waals surface area (Å²) in [6.45, 7) is 5.39. The lowest BCUT2D eigenvalue weighted by Crippen LogP contribution is -2.43. The molecule has 1 amide bonds. The van der Waals surface area contributed by atoms with E-state index in [2.05, 4.69) is 35.3 Å². The summed E-state index contributed by atoms with van der Waals surface area (Å²) < 4.78 is 10.6. The van der Waals surface area contributed by atoms with Crippen LogP contribution in [0.1, 0.15) is 28.9 Å². The Balaban J connectivity index is 1.49. The number of carbonyl (C=O) groups excluding carboxylic acids is 1. The smallest absolute Gasteiger partial charge is 0.232 e. The Morgan fingerprint density at radius 1 is 1.42 bits per heavy atom. The molecule has 0 unspecified atom stereocenters. The van der Waals surface area contributed by atoms with Crippen LogP contribution in [0.2, 0.25) is 0 Å². The van der Waals surface area contributed by atoms with Crippen LogP contribution in [0.15, 0.2) is 28.8 Å². The van der Waals surface area contributed by atoms with Crippen molar-refractivity contribution in [2.45, 2.75) is 25.7 Å². The number of aryl methyl sites for hydroxylation is 2. The number of amides is 1. The van der Waals surface area contributed by atoms with E-state index in [0.29, 0.717) is 37.2 Å². The van der Waals surface area contributed by atoms with Crippen molar-refractivity contribution in [3.05, 3.63) is 47.1 Å². The molecule has 1 aromatic heterocycles. The van der Waals surface area contributed by atoms with Crippen molar-refractivity contribution in [1.82, 2.24) is 15.0 Å². The molecule has 0 aliphatic carbocycles. The van der Waals surface area contributed by atoms with Crippen molar-refractivity contribution >= 4 is 17.7 Å². The normalized spacial score (nSPS) is 17.9. The lowest BCUT2D eigenvalue weighted by Gasteiger charge is -2.31. The highest BCUT2D eigenvalue weighted by molar-refractivity contribution is 7.99. The Labute approximate surface area is 145 Å². The summed E-state index contributed by atoms with van der Waals surface area (Å²) >= 11 is 1.64. The molecule has 0 bridgehead atoms. The van der Waals surface area contributed by atoms with Crippen LogP contribution in [0.4, 0.5) is 0 Å². The third-order valence-corrected chi connectivity index (χ3v) is 4.82. The molecule has 2 aromatic rings. The molecule has 2 heterocycles. The molecule has 0 spiro atoms. The molecule has 1 aliphatic heterocycles. The van der Waals surface area contributed by atoms with Gasteiger partial charge >= 0.3 is 0 Å². The average molecular weight is 347 g/mol. The third kappa shape index (κ3) is 4.36. The molecular formula is C17H21N3O3S. The molecule has 0 N–H and O–H groups in total. The molecule has 1 atom stereocenters. The van der Waals surface area contributed by atoms with Crippen molar-refractivity contribution in [1.29, 1.82) is 0 Å². The lowest BCUT2D eigenvalue weighted by molar-refractivity contribution is -0.136. The Kier molecular flexibility index (Phi) is 5.52. The van der Waals surface area contributed by atoms with E-state index in [4.69, 9.17) is 9.26 Å². The van der Waals surface area contributed by atoms with Crippen LogP contribution in [0.5, 0.6) is 0 Å². The van der Waals surface area contributed by atoms with Gasteiger partial charge in [0.2, 0.25) is 17.6 Å². The van der Waals surface area contributed by atoms with Gasteiger partial charge in [-0.2, -0.15) is 4.98 Å². The van der Waals surface area contributed by atoms with Crippen molar-refractivity contribution in [2.24, 2.45) is 0 Å². The molecule has 6 nitrogen and oxygen atoms in total. The maximum Gasteiger partial charge on any atom is 0.232 e. The maximum absolute atomic E-state index is 12.4. The van der Waals surface area contributed by atoms with Crippen LogP contribution < -0.4 is 0 Å². The first kappa shape index (κ1) is 17.0. The van der Waals surface area contributed by atoms with E-state index in [0.717, 1.165) is 5.75 Å². The van der Waals surface area contributed by atoms with Gasteiger partial charge in [0, 0.05) is 19.2 Å². The highest BCUT2D eigenvalue weighted by Crippen LogP contribution is 2.21. The summed E-state index contributed by atoms with van der Waals surface area (Å²) in [4.78, 5) is 18.4. The summed E-state index contributed by atoms with van der Waals surface area (Å²) in [5.41, 5.74) is 2.49. The van der Waals surface area contributed by atoms with Crippen molar-refractivity contribution in [3.63, 3.8) is 0 Å². The van der Waals surface area contributed by atoms with E-state index >= 15 is 0 Å². The van der Waals surface area contributed by atoms with E-state index in [1.165, 1.54) is 11.1 Å². The van der Waals surface area contributed by atoms with Gasteiger partial charge in [-0.25, -0.2) is 0 Å². The average Bonchev–Trinajstić information content (AvgIpc) is 3.01. The predicted molar refractivity (Wildman–Crippen MR) is 91.6 cm³/mol. The van der Waals surface area contributed by atoms with E-state index < -0.39 is 0 Å². The molecule has 3 rings (SSSR count). The van der Waals surface area contributed by atoms with E-state index in [1.54, 1.807) is 18.7 Å². The minimum atomic E-state index is -0.304. The van der Waals surface area contributed by atoms with E-state index in [-0.39, 0.29) is 12.0 Å². The van der Waals surface area contributed by atoms with Gasteiger partial charge in [-0.05, 0) is 12.5 Å². The van der Waals surface area contributed by atoms with Crippen molar-refractivity contribution in [2.75, 3.05) is 25.4 Å². The molecule has 24 heavy (non-hydrogen) atoms. The summed E-state index contributed by atoms with van der Waals surface area (Å²) in [5, 5.41) is 3.89. The molecule has 128 valence electrons. The number of hydrogen-bond donors (Lipinski definition) is 0. The first-order valence-corrected chi connectivity index (χ1v) is 9.10. The monoisotopic (exact) mass is 347 g/mol. The van der Waals surface area contributed by atoms with E-state index in [1.807, 2.05) is 11.0 Å². The Bertz CT molecular complexity index is 704. The Morgan fingerprint density at radius 2 is 2.29 bits per heavy atom. The predicted octanol–water partition coefficient (Wildman–Crippen LogP) is 2.52. The second-order valence-electron chi connectivity index (χ2n) is 5.85. The number of ether oxygens (including phenoxy) is 1. The van der Waals surface area contributed by atoms with Crippen molar-refractivity contribution < 1.29 is 14.1 Å². The lowest BCUT2D eigenvalue weighted by atomic mass is 10.2. The zero-order chi connectivity index (χ0) is 16.9. The van der Waals surface area contributed by atoms with Crippen LogP contribution in [0.3, 0.4) is 0 Å². The van der Waals surface area contributed by atoms with Gasteiger partial charge in [0.1, 0.15) is 6.10 Å². The topological polar surface area (TPSA) is 68.5 Å². The van der Waals surface area contributed by atoms with Crippen LogP contribution in [0.25, 0.3) is 0 Å². The van der Waals surface area contributed by atoms with Gasteiger partial charge in [0.15, 0.2) is 0 Å². The second kappa shape index (κ2) is 7.81. The number of rotatable bonds is 5. The minimum Gasteiger partial charge on any atom is -0.366 e. The first-order valence-electron chi connectivity index (χ1n) is 7.94. The van der Waals surface area contributed by atoms with Crippen LogP contribution in [-0.4, -0.2) is 46.4 Å². The minimum absolute atomic E-state index is 0.126. The number of hydrogen-bond acceptors (Lipinski definition) is 6. The maximum atomic E-state index is 12.4. The quantitative estimate of drug-likeness (QED) is 0.828. The zero-order valence-corrected chi connectivity index (χ0v) is 14.7. The number of carbonyl (C=O) groups is 1. The number of morpholine rings is 1. The van der Waals surface area contributed by atoms with Crippen LogP contribution >= 0.6 is 11.8 Å². The highest BCUT2D eigenvalue weighted by atomic mass is 32.2. The molecular weight excluding hydrogens is 326 g/mol. The summed E-state index contributed by atoms with van der Waals surface area (Å²) in [6.07, 6.45) is -0.304. The molecule has 0 radical (unpaired) electrons. The van der Waals surface area contributed by atoms with Crippen molar-refractivity contribution in [3.8, 4) is 0 Å². The number of aromatic nitrogens is 2. The Hall–Kier alpha value is -1.86. The molecule has 1 fully saturated rings. The van der Waals surface area contributed by atoms with E-state index in [9.17, 15) is 4.79 Å².